The van der Waals surface area contributed by atoms with Gasteiger partial charge in [0.15, 0.2) is 0 Å². The van der Waals surface area contributed by atoms with Crippen molar-refractivity contribution in [1.29, 1.82) is 0 Å². The van der Waals surface area contributed by atoms with Gasteiger partial charge >= 0.3 is 0 Å². The largest absolute Gasteiger partial charge is 0.355 e. The lowest BCUT2D eigenvalue weighted by Gasteiger charge is -2.30. The third-order valence-electron chi connectivity index (χ3n) is 5.63. The molecule has 0 atom stereocenters. The van der Waals surface area contributed by atoms with Crippen molar-refractivity contribution >= 4 is 40.9 Å². The van der Waals surface area contributed by atoms with Crippen LogP contribution in [0.2, 0.25) is 10.0 Å². The number of hydrogen-bond acceptors (Lipinski definition) is 6. The highest BCUT2D eigenvalue weighted by Gasteiger charge is 2.25. The summed E-state index contributed by atoms with van der Waals surface area (Å²) in [4.78, 5) is 19.3. The van der Waals surface area contributed by atoms with E-state index >= 15 is 0 Å². The van der Waals surface area contributed by atoms with Crippen LogP contribution >= 0.6 is 35.0 Å². The first kappa shape index (κ1) is 24.1. The lowest BCUT2D eigenvalue weighted by Crippen LogP contribution is -2.40. The SMILES string of the molecule is O=C(NCCSCc1ccccc1Cl)C1CCN(Cc2nc(-c3cccc(Cl)c3)no2)CC1. The first-order valence-electron chi connectivity index (χ1n) is 11.0. The summed E-state index contributed by atoms with van der Waals surface area (Å²) in [6, 6.07) is 15.3. The van der Waals surface area contributed by atoms with Crippen molar-refractivity contribution in [2.75, 3.05) is 25.4 Å². The minimum absolute atomic E-state index is 0.0551. The van der Waals surface area contributed by atoms with Gasteiger partial charge in [0.05, 0.1) is 6.54 Å². The zero-order chi connectivity index (χ0) is 23.0. The first-order chi connectivity index (χ1) is 16.1. The number of carbonyl (C=O) groups excluding carboxylic acids is 1. The van der Waals surface area contributed by atoms with E-state index in [0.717, 1.165) is 53.6 Å². The number of likely N-dealkylation sites (tertiary alicyclic amines) is 1. The number of amides is 1. The number of nitrogens with zero attached hydrogens (tertiary/aromatic N) is 3. The second-order valence-corrected chi connectivity index (χ2v) is 9.96. The number of hydrogen-bond donors (Lipinski definition) is 1. The van der Waals surface area contributed by atoms with Crippen molar-refractivity contribution in [3.63, 3.8) is 0 Å². The molecular formula is C24H26Cl2N4O2S. The Hall–Kier alpha value is -2.06. The molecule has 9 heteroatoms. The predicted octanol–water partition coefficient (Wildman–Crippen LogP) is 5.31. The quantitative estimate of drug-likeness (QED) is 0.398. The smallest absolute Gasteiger partial charge is 0.241 e. The highest BCUT2D eigenvalue weighted by Crippen LogP contribution is 2.23. The second-order valence-electron chi connectivity index (χ2n) is 8.01. The molecule has 1 fully saturated rings. The van der Waals surface area contributed by atoms with E-state index in [1.54, 1.807) is 11.8 Å². The summed E-state index contributed by atoms with van der Waals surface area (Å²) < 4.78 is 5.42. The van der Waals surface area contributed by atoms with Gasteiger partial charge in [-0.15, -0.1) is 0 Å². The van der Waals surface area contributed by atoms with E-state index in [0.29, 0.717) is 29.8 Å². The topological polar surface area (TPSA) is 71.3 Å². The van der Waals surface area contributed by atoms with E-state index in [2.05, 4.69) is 20.4 Å². The minimum Gasteiger partial charge on any atom is -0.355 e. The van der Waals surface area contributed by atoms with Crippen LogP contribution < -0.4 is 5.32 Å². The standard InChI is InChI=1S/C24H26Cl2N4O2S/c25-20-6-3-5-18(14-20)23-28-22(32-29-23)15-30-11-8-17(9-12-30)24(31)27-10-13-33-16-19-4-1-2-7-21(19)26/h1-7,14,17H,8-13,15-16H2,(H,27,31). The van der Waals surface area contributed by atoms with Crippen LogP contribution in [0.15, 0.2) is 53.1 Å². The molecule has 6 nitrogen and oxygen atoms in total. The highest BCUT2D eigenvalue weighted by atomic mass is 35.5. The number of nitrogens with one attached hydrogen (secondary N) is 1. The van der Waals surface area contributed by atoms with Crippen LogP contribution in [-0.4, -0.2) is 46.3 Å². The van der Waals surface area contributed by atoms with Crippen LogP contribution in [0.3, 0.4) is 0 Å². The van der Waals surface area contributed by atoms with Crippen molar-refractivity contribution in [3.8, 4) is 11.4 Å². The van der Waals surface area contributed by atoms with Crippen molar-refractivity contribution in [2.24, 2.45) is 5.92 Å². The second kappa shape index (κ2) is 11.9. The molecule has 0 radical (unpaired) electrons. The van der Waals surface area contributed by atoms with Crippen LogP contribution in [0.4, 0.5) is 0 Å². The molecule has 0 saturated carbocycles. The number of piperidine rings is 1. The summed E-state index contributed by atoms with van der Waals surface area (Å²) >= 11 is 14.0. The monoisotopic (exact) mass is 504 g/mol. The fraction of sp³-hybridized carbons (Fsp3) is 0.375. The van der Waals surface area contributed by atoms with Gasteiger partial charge in [0.1, 0.15) is 0 Å². The number of aromatic nitrogens is 2. The summed E-state index contributed by atoms with van der Waals surface area (Å²) in [6.45, 7) is 2.91. The summed E-state index contributed by atoms with van der Waals surface area (Å²) in [7, 11) is 0. The van der Waals surface area contributed by atoms with E-state index in [-0.39, 0.29) is 11.8 Å². The lowest BCUT2D eigenvalue weighted by molar-refractivity contribution is -0.126. The van der Waals surface area contributed by atoms with E-state index < -0.39 is 0 Å². The third kappa shape index (κ3) is 6.96. The van der Waals surface area contributed by atoms with E-state index in [9.17, 15) is 4.79 Å². The molecule has 4 rings (SSSR count). The number of carbonyl (C=O) groups is 1. The van der Waals surface area contributed by atoms with Gasteiger partial charge in [-0.05, 0) is 49.7 Å². The predicted molar refractivity (Wildman–Crippen MR) is 133 cm³/mol. The van der Waals surface area contributed by atoms with Gasteiger partial charge in [-0.1, -0.05) is 58.7 Å². The van der Waals surface area contributed by atoms with E-state index in [4.69, 9.17) is 27.7 Å². The Morgan fingerprint density at radius 3 is 2.76 bits per heavy atom. The number of thioether (sulfide) groups is 1. The van der Waals surface area contributed by atoms with Gasteiger partial charge in [-0.25, -0.2) is 0 Å². The van der Waals surface area contributed by atoms with Gasteiger partial charge in [-0.3, -0.25) is 9.69 Å². The Morgan fingerprint density at radius 1 is 1.15 bits per heavy atom. The van der Waals surface area contributed by atoms with Crippen LogP contribution in [0, 0.1) is 5.92 Å². The fourth-order valence-corrected chi connectivity index (χ4v) is 5.13. The van der Waals surface area contributed by atoms with Gasteiger partial charge in [-0.2, -0.15) is 16.7 Å². The van der Waals surface area contributed by atoms with Gasteiger partial charge < -0.3 is 9.84 Å². The Kier molecular flexibility index (Phi) is 8.67. The third-order valence-corrected chi connectivity index (χ3v) is 7.24. The van der Waals surface area contributed by atoms with Crippen LogP contribution in [0.5, 0.6) is 0 Å². The van der Waals surface area contributed by atoms with E-state index in [1.165, 1.54) is 0 Å². The van der Waals surface area contributed by atoms with Crippen LogP contribution in [0.1, 0.15) is 24.3 Å². The Balaban J connectivity index is 1.15. The lowest BCUT2D eigenvalue weighted by atomic mass is 9.96. The molecule has 1 N–H and O–H groups in total. The first-order valence-corrected chi connectivity index (χ1v) is 12.9. The average Bonchev–Trinajstić information content (AvgIpc) is 3.29. The molecule has 1 saturated heterocycles. The van der Waals surface area contributed by atoms with Crippen molar-refractivity contribution < 1.29 is 9.32 Å². The maximum absolute atomic E-state index is 12.5. The molecule has 0 spiro atoms. The summed E-state index contributed by atoms with van der Waals surface area (Å²) in [5.41, 5.74) is 1.96. The molecule has 174 valence electrons. The number of rotatable bonds is 9. The average molecular weight is 505 g/mol. The zero-order valence-corrected chi connectivity index (χ0v) is 20.5. The molecule has 2 aromatic carbocycles. The molecule has 1 aliphatic heterocycles. The van der Waals surface area contributed by atoms with Crippen molar-refractivity contribution in [1.82, 2.24) is 20.4 Å². The number of halogens is 2. The zero-order valence-electron chi connectivity index (χ0n) is 18.2. The van der Waals surface area contributed by atoms with Crippen molar-refractivity contribution in [2.45, 2.75) is 25.1 Å². The number of benzene rings is 2. The maximum atomic E-state index is 12.5. The highest BCUT2D eigenvalue weighted by molar-refractivity contribution is 7.98. The molecule has 0 aliphatic carbocycles. The normalized spacial score (nSPS) is 15.0. The molecule has 1 amide bonds. The fourth-order valence-electron chi connectivity index (χ4n) is 3.80. The maximum Gasteiger partial charge on any atom is 0.241 e. The Bertz CT molecular complexity index is 1070. The molecule has 0 bridgehead atoms. The molecular weight excluding hydrogens is 479 g/mol. The molecule has 0 unspecified atom stereocenters. The Morgan fingerprint density at radius 2 is 1.97 bits per heavy atom. The van der Waals surface area contributed by atoms with Gasteiger partial charge in [0.25, 0.3) is 0 Å². The summed E-state index contributed by atoms with van der Waals surface area (Å²) in [5, 5.41) is 8.58. The van der Waals surface area contributed by atoms with Gasteiger partial charge in [0.2, 0.25) is 17.6 Å². The van der Waals surface area contributed by atoms with Gasteiger partial charge in [0, 0.05) is 39.6 Å². The van der Waals surface area contributed by atoms with Crippen LogP contribution in [-0.2, 0) is 17.1 Å². The molecule has 1 aromatic heterocycles. The van der Waals surface area contributed by atoms with Crippen LogP contribution in [0.25, 0.3) is 11.4 Å². The Labute approximate surface area is 208 Å². The summed E-state index contributed by atoms with van der Waals surface area (Å²) in [6.07, 6.45) is 1.65. The molecule has 33 heavy (non-hydrogen) atoms. The summed E-state index contributed by atoms with van der Waals surface area (Å²) in [5.74, 6) is 3.02. The minimum atomic E-state index is 0.0551. The molecule has 3 aromatic rings. The van der Waals surface area contributed by atoms with Crippen molar-refractivity contribution in [3.05, 3.63) is 70.0 Å². The molecule has 1 aliphatic rings. The molecule has 2 heterocycles. The van der Waals surface area contributed by atoms with E-state index in [1.807, 2.05) is 48.5 Å².